The number of hydrogen-bond acceptors (Lipinski definition) is 5. The predicted molar refractivity (Wildman–Crippen MR) is 163 cm³/mol. The van der Waals surface area contributed by atoms with E-state index in [4.69, 9.17) is 0 Å². The molecule has 7 atom stereocenters. The summed E-state index contributed by atoms with van der Waals surface area (Å²) in [6.07, 6.45) is 0.984. The number of rotatable bonds is 9. The molecule has 3 aromatic rings. The summed E-state index contributed by atoms with van der Waals surface area (Å²) in [6, 6.07) is 27.1. The van der Waals surface area contributed by atoms with Gasteiger partial charge in [0.1, 0.15) is 6.04 Å². The Balaban J connectivity index is 1.36. The van der Waals surface area contributed by atoms with Gasteiger partial charge in [-0.25, -0.2) is 0 Å². The lowest BCUT2D eigenvalue weighted by Crippen LogP contribution is -2.57. The van der Waals surface area contributed by atoms with Crippen molar-refractivity contribution < 1.29 is 19.5 Å². The van der Waals surface area contributed by atoms with Gasteiger partial charge in [-0.05, 0) is 36.1 Å². The number of likely N-dealkylation sites (tertiary alicyclic amines) is 1. The van der Waals surface area contributed by atoms with Crippen molar-refractivity contribution in [3.8, 4) is 0 Å². The van der Waals surface area contributed by atoms with Gasteiger partial charge in [0.15, 0.2) is 0 Å². The van der Waals surface area contributed by atoms with E-state index in [1.165, 1.54) is 0 Å². The fourth-order valence-electron chi connectivity index (χ4n) is 6.83. The molecule has 0 aliphatic carbocycles. The van der Waals surface area contributed by atoms with E-state index in [0.29, 0.717) is 25.1 Å². The number of aliphatic hydroxyl groups excluding tert-OH is 1. The normalized spacial score (nSPS) is 28.8. The number of para-hydroxylation sites is 1. The molecule has 0 radical (unpaired) electrons. The number of benzene rings is 3. The first-order chi connectivity index (χ1) is 19.9. The molecule has 2 bridgehead atoms. The van der Waals surface area contributed by atoms with Crippen LogP contribution in [-0.2, 0) is 27.3 Å². The highest BCUT2D eigenvalue weighted by Crippen LogP contribution is 2.68. The predicted octanol–water partition coefficient (Wildman–Crippen LogP) is 4.01. The van der Waals surface area contributed by atoms with E-state index in [9.17, 15) is 19.5 Å². The average molecular weight is 635 g/mol. The largest absolute Gasteiger partial charge is 0.394 e. The van der Waals surface area contributed by atoms with E-state index in [-0.39, 0.29) is 34.4 Å². The fraction of sp³-hybridized carbons (Fsp3) is 0.344. The Kier molecular flexibility index (Phi) is 7.94. The molecule has 3 N–H and O–H groups in total. The van der Waals surface area contributed by atoms with Gasteiger partial charge in [0, 0.05) is 22.3 Å². The van der Waals surface area contributed by atoms with Gasteiger partial charge in [0.2, 0.25) is 17.7 Å². The molecule has 0 saturated carbocycles. The molecule has 6 rings (SSSR count). The third-order valence-corrected chi connectivity index (χ3v) is 11.8. The number of halogens is 1. The van der Waals surface area contributed by atoms with Crippen LogP contribution in [0, 0.1) is 11.8 Å². The van der Waals surface area contributed by atoms with Crippen LogP contribution in [0.15, 0.2) is 91.0 Å². The fourth-order valence-corrected chi connectivity index (χ4v) is 10.4. The molecule has 3 aliphatic heterocycles. The number of carbonyl (C=O) groups is 3. The molecular formula is C32H32BrN3O4S. The van der Waals surface area contributed by atoms with Crippen molar-refractivity contribution >= 4 is 51.1 Å². The van der Waals surface area contributed by atoms with Crippen molar-refractivity contribution in [2.75, 3.05) is 11.9 Å². The summed E-state index contributed by atoms with van der Waals surface area (Å²) >= 11 is 5.40. The third kappa shape index (κ3) is 5.08. The summed E-state index contributed by atoms with van der Waals surface area (Å²) in [7, 11) is 0. The van der Waals surface area contributed by atoms with E-state index in [2.05, 4.69) is 26.6 Å². The Morgan fingerprint density at radius 1 is 0.951 bits per heavy atom. The Morgan fingerprint density at radius 2 is 1.56 bits per heavy atom. The Labute approximate surface area is 252 Å². The zero-order valence-electron chi connectivity index (χ0n) is 22.4. The SMILES string of the molecule is O=C(NCc1ccccc1)C1N([C@@H](CO)Cc2ccccc2)C(=O)[C@@H]2[C@@H](C(=O)Nc3ccccc3)[C@@H]3SC12CC3Br. The van der Waals surface area contributed by atoms with Gasteiger partial charge in [-0.2, -0.15) is 0 Å². The lowest BCUT2D eigenvalue weighted by atomic mass is 9.70. The minimum atomic E-state index is -0.825. The van der Waals surface area contributed by atoms with Crippen LogP contribution >= 0.6 is 27.7 Å². The molecule has 9 heteroatoms. The average Bonchev–Trinajstić information content (AvgIpc) is 3.59. The third-order valence-electron chi connectivity index (χ3n) is 8.55. The minimum Gasteiger partial charge on any atom is -0.394 e. The summed E-state index contributed by atoms with van der Waals surface area (Å²) < 4.78 is -0.792. The van der Waals surface area contributed by atoms with Crippen LogP contribution in [0.25, 0.3) is 0 Å². The number of fused-ring (bicyclic) bond motifs is 1. The maximum Gasteiger partial charge on any atom is 0.244 e. The van der Waals surface area contributed by atoms with E-state index in [1.807, 2.05) is 91.0 Å². The summed E-state index contributed by atoms with van der Waals surface area (Å²) in [5.41, 5.74) is 2.59. The Hall–Kier alpha value is -3.14. The number of thioether (sulfide) groups is 1. The van der Waals surface area contributed by atoms with Crippen LogP contribution in [0.4, 0.5) is 5.69 Å². The topological polar surface area (TPSA) is 98.7 Å². The molecule has 3 saturated heterocycles. The van der Waals surface area contributed by atoms with Gasteiger partial charge in [0.05, 0.1) is 29.2 Å². The molecule has 3 heterocycles. The number of carbonyl (C=O) groups excluding carboxylic acids is 3. The number of aliphatic hydroxyl groups is 1. The van der Waals surface area contributed by atoms with Crippen LogP contribution in [0.1, 0.15) is 17.5 Å². The molecule has 7 nitrogen and oxygen atoms in total. The van der Waals surface area contributed by atoms with Crippen molar-refractivity contribution in [3.63, 3.8) is 0 Å². The van der Waals surface area contributed by atoms with Gasteiger partial charge in [0.25, 0.3) is 0 Å². The Morgan fingerprint density at radius 3 is 2.20 bits per heavy atom. The summed E-state index contributed by atoms with van der Waals surface area (Å²) in [5, 5.41) is 16.5. The number of nitrogens with zero attached hydrogens (tertiary/aromatic N) is 1. The number of anilines is 1. The quantitative estimate of drug-likeness (QED) is 0.309. The number of amides is 3. The van der Waals surface area contributed by atoms with Crippen molar-refractivity contribution in [2.45, 2.75) is 46.3 Å². The Bertz CT molecular complexity index is 1410. The summed E-state index contributed by atoms with van der Waals surface area (Å²) in [4.78, 5) is 43.9. The van der Waals surface area contributed by atoms with Crippen molar-refractivity contribution in [1.82, 2.24) is 10.2 Å². The minimum absolute atomic E-state index is 0.0332. The maximum atomic E-state index is 14.5. The molecular weight excluding hydrogens is 602 g/mol. The number of alkyl halides is 1. The number of hydrogen-bond donors (Lipinski definition) is 3. The second-order valence-corrected chi connectivity index (χ2v) is 13.7. The van der Waals surface area contributed by atoms with Crippen molar-refractivity contribution in [3.05, 3.63) is 102 Å². The van der Waals surface area contributed by atoms with Crippen molar-refractivity contribution in [2.24, 2.45) is 11.8 Å². The molecule has 3 amide bonds. The first kappa shape index (κ1) is 28.0. The zero-order valence-corrected chi connectivity index (χ0v) is 24.8. The van der Waals surface area contributed by atoms with Gasteiger partial charge in [-0.3, -0.25) is 14.4 Å². The standard InChI is InChI=1S/C32H32BrN3O4S/c33-24-17-32-26(25(27(24)41-32)29(38)35-22-14-8-3-9-15-22)31(40)36(23(19-37)16-20-10-4-1-5-11-20)28(32)30(39)34-18-21-12-6-2-7-13-21/h1-15,23-28,37H,16-19H2,(H,34,39)(H,35,38)/t23-,24?,25-,26+,27-,28?,32?/m1/s1. The molecule has 212 valence electrons. The molecule has 3 unspecified atom stereocenters. The molecule has 41 heavy (non-hydrogen) atoms. The molecule has 3 aliphatic rings. The van der Waals surface area contributed by atoms with E-state index >= 15 is 0 Å². The smallest absolute Gasteiger partial charge is 0.244 e. The highest BCUT2D eigenvalue weighted by molar-refractivity contribution is 9.09. The maximum absolute atomic E-state index is 14.5. The summed E-state index contributed by atoms with van der Waals surface area (Å²) in [6.45, 7) is 0.0315. The number of nitrogens with one attached hydrogen (secondary N) is 2. The van der Waals surface area contributed by atoms with Crippen LogP contribution < -0.4 is 10.6 Å². The molecule has 3 aromatic carbocycles. The second kappa shape index (κ2) is 11.6. The van der Waals surface area contributed by atoms with E-state index in [0.717, 1.165) is 11.1 Å². The highest BCUT2D eigenvalue weighted by atomic mass is 79.9. The van der Waals surface area contributed by atoms with E-state index in [1.54, 1.807) is 16.7 Å². The van der Waals surface area contributed by atoms with Gasteiger partial charge in [-0.1, -0.05) is 94.8 Å². The zero-order chi connectivity index (χ0) is 28.6. The van der Waals surface area contributed by atoms with Crippen LogP contribution in [0.2, 0.25) is 0 Å². The van der Waals surface area contributed by atoms with Crippen molar-refractivity contribution in [1.29, 1.82) is 0 Å². The lowest BCUT2D eigenvalue weighted by molar-refractivity contribution is -0.142. The van der Waals surface area contributed by atoms with E-state index < -0.39 is 28.7 Å². The van der Waals surface area contributed by atoms with Crippen LogP contribution in [0.3, 0.4) is 0 Å². The molecule has 1 spiro atoms. The molecule has 3 fully saturated rings. The van der Waals surface area contributed by atoms with Crippen LogP contribution in [0.5, 0.6) is 0 Å². The van der Waals surface area contributed by atoms with Gasteiger partial charge in [-0.15, -0.1) is 11.8 Å². The van der Waals surface area contributed by atoms with Gasteiger partial charge >= 0.3 is 0 Å². The lowest BCUT2D eigenvalue weighted by Gasteiger charge is -2.37. The van der Waals surface area contributed by atoms with Gasteiger partial charge < -0.3 is 20.6 Å². The first-order valence-electron chi connectivity index (χ1n) is 13.9. The summed E-state index contributed by atoms with van der Waals surface area (Å²) in [5.74, 6) is -1.99. The molecule has 0 aromatic heterocycles. The first-order valence-corrected chi connectivity index (χ1v) is 15.7. The highest BCUT2D eigenvalue weighted by Gasteiger charge is 2.76. The monoisotopic (exact) mass is 633 g/mol. The van der Waals surface area contributed by atoms with Crippen LogP contribution in [-0.4, -0.2) is 61.2 Å². The second-order valence-electron chi connectivity index (χ2n) is 11.0.